The van der Waals surface area contributed by atoms with Crippen LogP contribution >= 0.6 is 11.6 Å². The number of ether oxygens (including phenoxy) is 1. The van der Waals surface area contributed by atoms with E-state index in [0.717, 1.165) is 23.4 Å². The third-order valence-corrected chi connectivity index (χ3v) is 4.51. The average molecular weight is 316 g/mol. The minimum absolute atomic E-state index is 0.0794. The zero-order valence-electron chi connectivity index (χ0n) is 12.6. The van der Waals surface area contributed by atoms with Crippen LogP contribution in [0.3, 0.4) is 0 Å². The number of rotatable bonds is 3. The van der Waals surface area contributed by atoms with Crippen molar-refractivity contribution in [2.24, 2.45) is 0 Å². The van der Waals surface area contributed by atoms with Crippen LogP contribution in [0.2, 0.25) is 0 Å². The number of benzene rings is 2. The molecule has 2 aromatic carbocycles. The third-order valence-electron chi connectivity index (χ3n) is 4.07. The number of fused-ring (bicyclic) bond motifs is 1. The van der Waals surface area contributed by atoms with Crippen molar-refractivity contribution in [3.05, 3.63) is 59.7 Å². The number of methoxy groups -OCH3 is 1. The Bertz CT molecular complexity index is 684. The lowest BCUT2D eigenvalue weighted by molar-refractivity contribution is -0.118. The molecule has 0 saturated carbocycles. The number of alkyl halides is 1. The summed E-state index contributed by atoms with van der Waals surface area (Å²) in [5.41, 5.74) is 2.95. The first-order valence-electron chi connectivity index (χ1n) is 7.31. The first kappa shape index (κ1) is 14.9. The number of amides is 1. The van der Waals surface area contributed by atoms with Gasteiger partial charge in [0.2, 0.25) is 5.91 Å². The van der Waals surface area contributed by atoms with Gasteiger partial charge in [0.1, 0.15) is 11.1 Å². The van der Waals surface area contributed by atoms with Crippen molar-refractivity contribution >= 4 is 23.2 Å². The Morgan fingerprint density at radius 3 is 2.59 bits per heavy atom. The van der Waals surface area contributed by atoms with Gasteiger partial charge in [0.05, 0.1) is 7.11 Å². The van der Waals surface area contributed by atoms with Crippen molar-refractivity contribution < 1.29 is 9.53 Å². The molecule has 4 heteroatoms. The summed E-state index contributed by atoms with van der Waals surface area (Å²) >= 11 is 6.43. The molecule has 22 heavy (non-hydrogen) atoms. The molecule has 0 spiro atoms. The van der Waals surface area contributed by atoms with Crippen LogP contribution in [-0.2, 0) is 11.2 Å². The maximum absolute atomic E-state index is 12.8. The number of anilines is 1. The summed E-state index contributed by atoms with van der Waals surface area (Å²) < 4.78 is 5.13. The molecule has 0 aromatic heterocycles. The first-order valence-corrected chi connectivity index (χ1v) is 7.74. The van der Waals surface area contributed by atoms with E-state index in [1.54, 1.807) is 7.11 Å². The number of hydrogen-bond donors (Lipinski definition) is 0. The molecule has 1 aliphatic heterocycles. The van der Waals surface area contributed by atoms with E-state index in [9.17, 15) is 4.79 Å². The molecular formula is C18H18ClNO2. The summed E-state index contributed by atoms with van der Waals surface area (Å²) in [4.78, 5) is 14.7. The molecule has 1 heterocycles. The largest absolute Gasteiger partial charge is 0.497 e. The molecule has 0 radical (unpaired) electrons. The normalized spacial score (nSPS) is 18.0. The number of hydrogen-bond acceptors (Lipinski definition) is 2. The number of nitrogens with zero attached hydrogens (tertiary/aromatic N) is 1. The Morgan fingerprint density at radius 2 is 1.91 bits per heavy atom. The predicted octanol–water partition coefficient (Wildman–Crippen LogP) is 3.95. The van der Waals surface area contributed by atoms with E-state index in [0.29, 0.717) is 0 Å². The van der Waals surface area contributed by atoms with Crippen molar-refractivity contribution in [1.29, 1.82) is 0 Å². The van der Waals surface area contributed by atoms with Gasteiger partial charge in [-0.25, -0.2) is 0 Å². The second kappa shape index (κ2) is 6.01. The molecule has 0 N–H and O–H groups in total. The van der Waals surface area contributed by atoms with Gasteiger partial charge in [0.25, 0.3) is 0 Å². The Balaban J connectivity index is 1.86. The van der Waals surface area contributed by atoms with Crippen LogP contribution in [0, 0.1) is 0 Å². The van der Waals surface area contributed by atoms with Crippen molar-refractivity contribution in [1.82, 2.24) is 0 Å². The molecule has 0 bridgehead atoms. The summed E-state index contributed by atoms with van der Waals surface area (Å²) in [6.45, 7) is 2.05. The highest BCUT2D eigenvalue weighted by molar-refractivity contribution is 6.33. The molecule has 2 atom stereocenters. The van der Waals surface area contributed by atoms with E-state index in [-0.39, 0.29) is 11.9 Å². The maximum atomic E-state index is 12.8. The quantitative estimate of drug-likeness (QED) is 0.803. The highest BCUT2D eigenvalue weighted by Gasteiger charge is 2.34. The van der Waals surface area contributed by atoms with E-state index in [4.69, 9.17) is 16.3 Å². The van der Waals surface area contributed by atoms with Gasteiger partial charge in [-0.15, -0.1) is 11.6 Å². The summed E-state index contributed by atoms with van der Waals surface area (Å²) in [6.07, 6.45) is 0.869. The van der Waals surface area contributed by atoms with Crippen molar-refractivity contribution in [3.8, 4) is 5.75 Å². The highest BCUT2D eigenvalue weighted by Crippen LogP contribution is 2.35. The first-order chi connectivity index (χ1) is 10.6. The van der Waals surface area contributed by atoms with Crippen molar-refractivity contribution in [3.63, 3.8) is 0 Å². The monoisotopic (exact) mass is 315 g/mol. The van der Waals surface area contributed by atoms with Crippen LogP contribution < -0.4 is 9.64 Å². The lowest BCUT2D eigenvalue weighted by atomic mass is 10.1. The molecule has 1 amide bonds. The van der Waals surface area contributed by atoms with Crippen LogP contribution in [0.25, 0.3) is 0 Å². The average Bonchev–Trinajstić information content (AvgIpc) is 2.89. The van der Waals surface area contributed by atoms with Crippen molar-refractivity contribution in [2.75, 3.05) is 12.0 Å². The zero-order valence-corrected chi connectivity index (χ0v) is 13.4. The molecule has 0 aliphatic carbocycles. The Kier molecular flexibility index (Phi) is 4.08. The molecule has 0 fully saturated rings. The molecule has 2 aromatic rings. The van der Waals surface area contributed by atoms with Gasteiger partial charge >= 0.3 is 0 Å². The molecule has 1 aliphatic rings. The second-order valence-electron chi connectivity index (χ2n) is 5.53. The van der Waals surface area contributed by atoms with E-state index < -0.39 is 5.38 Å². The predicted molar refractivity (Wildman–Crippen MR) is 88.7 cm³/mol. The van der Waals surface area contributed by atoms with Crippen LogP contribution in [0.15, 0.2) is 48.5 Å². The number of carbonyl (C=O) groups is 1. The molecule has 114 valence electrons. The fourth-order valence-electron chi connectivity index (χ4n) is 2.94. The topological polar surface area (TPSA) is 29.5 Å². The standard InChI is InChI=1S/C18H18ClNO2/c1-12-11-14-5-3-4-6-16(14)20(12)18(21)17(19)13-7-9-15(22-2)10-8-13/h3-10,12,17H,11H2,1-2H3. The fraction of sp³-hybridized carbons (Fsp3) is 0.278. The lowest BCUT2D eigenvalue weighted by Crippen LogP contribution is -2.37. The molecule has 0 saturated heterocycles. The van der Waals surface area contributed by atoms with Gasteiger partial charge in [0.15, 0.2) is 0 Å². The Hall–Kier alpha value is -2.00. The highest BCUT2D eigenvalue weighted by atomic mass is 35.5. The summed E-state index contributed by atoms with van der Waals surface area (Å²) in [5.74, 6) is 0.671. The van der Waals surface area contributed by atoms with Crippen LogP contribution in [0.5, 0.6) is 5.75 Å². The van der Waals surface area contributed by atoms with E-state index in [1.165, 1.54) is 5.56 Å². The summed E-state index contributed by atoms with van der Waals surface area (Å²) in [7, 11) is 1.61. The number of halogens is 1. The Labute approximate surface area is 135 Å². The fourth-order valence-corrected chi connectivity index (χ4v) is 3.19. The van der Waals surface area contributed by atoms with Gasteiger partial charge in [-0.1, -0.05) is 30.3 Å². The van der Waals surface area contributed by atoms with Gasteiger partial charge in [0, 0.05) is 11.7 Å². The van der Waals surface area contributed by atoms with Gasteiger partial charge < -0.3 is 9.64 Å². The Morgan fingerprint density at radius 1 is 1.23 bits per heavy atom. The summed E-state index contributed by atoms with van der Waals surface area (Å²) in [5, 5.41) is -0.695. The van der Waals surface area contributed by atoms with Gasteiger partial charge in [-0.05, 0) is 42.7 Å². The molecule has 3 nitrogen and oxygen atoms in total. The van der Waals surface area contributed by atoms with E-state index >= 15 is 0 Å². The molecule has 2 unspecified atom stereocenters. The second-order valence-corrected chi connectivity index (χ2v) is 5.96. The smallest absolute Gasteiger partial charge is 0.249 e. The van der Waals surface area contributed by atoms with Crippen LogP contribution in [0.1, 0.15) is 23.4 Å². The molecule has 3 rings (SSSR count). The molecular weight excluding hydrogens is 298 g/mol. The zero-order chi connectivity index (χ0) is 15.7. The minimum Gasteiger partial charge on any atom is -0.497 e. The van der Waals surface area contributed by atoms with Gasteiger partial charge in [-0.2, -0.15) is 0 Å². The van der Waals surface area contributed by atoms with Crippen molar-refractivity contribution in [2.45, 2.75) is 24.8 Å². The van der Waals surface area contributed by atoms with Gasteiger partial charge in [-0.3, -0.25) is 4.79 Å². The maximum Gasteiger partial charge on any atom is 0.249 e. The number of para-hydroxylation sites is 1. The van der Waals surface area contributed by atoms with E-state index in [1.807, 2.05) is 47.4 Å². The third kappa shape index (κ3) is 2.57. The number of carbonyl (C=O) groups excluding carboxylic acids is 1. The minimum atomic E-state index is -0.695. The SMILES string of the molecule is COc1ccc(C(Cl)C(=O)N2c3ccccc3CC2C)cc1. The lowest BCUT2D eigenvalue weighted by Gasteiger charge is -2.25. The van der Waals surface area contributed by atoms with Crippen LogP contribution in [0.4, 0.5) is 5.69 Å². The summed E-state index contributed by atoms with van der Waals surface area (Å²) in [6, 6.07) is 15.4. The van der Waals surface area contributed by atoms with E-state index in [2.05, 4.69) is 13.0 Å². The van der Waals surface area contributed by atoms with Crippen LogP contribution in [-0.4, -0.2) is 19.1 Å².